The van der Waals surface area contributed by atoms with E-state index >= 15 is 0 Å². The molecule has 7 heteroatoms. The molecule has 1 unspecified atom stereocenters. The topological polar surface area (TPSA) is 9.23 Å². The van der Waals surface area contributed by atoms with E-state index in [1.165, 1.54) is 8.88 Å². The van der Waals surface area contributed by atoms with Crippen LogP contribution in [0.5, 0.6) is 0 Å². The van der Waals surface area contributed by atoms with E-state index < -0.39 is 8.29 Å². The zero-order chi connectivity index (χ0) is 6.57. The first-order chi connectivity index (χ1) is 3.72. The molecule has 0 aliphatic rings. The Bertz CT molecular complexity index is 259. The Labute approximate surface area is 68.1 Å². The second-order valence-corrected chi connectivity index (χ2v) is 11.6. The lowest BCUT2D eigenvalue weighted by molar-refractivity contribution is 0.494. The molecule has 0 aliphatic heterocycles. The van der Waals surface area contributed by atoms with Gasteiger partial charge >= 0.3 is 0 Å². The Balaban J connectivity index is 5.23. The van der Waals surface area contributed by atoms with Gasteiger partial charge in [0.2, 0.25) is 0 Å². The third-order valence-electron chi connectivity index (χ3n) is 0.329. The second kappa shape index (κ2) is 5.21. The first-order valence-corrected chi connectivity index (χ1v) is 8.74. The van der Waals surface area contributed by atoms with Crippen molar-refractivity contribution in [1.82, 2.24) is 0 Å². The summed E-state index contributed by atoms with van der Waals surface area (Å²) in [5.41, 5.74) is 0. The fraction of sp³-hybridized carbons (Fsp3) is 1.00. The van der Waals surface area contributed by atoms with Crippen molar-refractivity contribution in [2.24, 2.45) is 0 Å². The SMILES string of the molecule is CO[SH](=S)=S(=S)=S=S. The van der Waals surface area contributed by atoms with Gasteiger partial charge in [0.25, 0.3) is 0 Å². The summed E-state index contributed by atoms with van der Waals surface area (Å²) in [5, 5.41) is 0. The lowest BCUT2D eigenvalue weighted by Gasteiger charge is -1.79. The van der Waals surface area contributed by atoms with E-state index in [9.17, 15) is 0 Å². The van der Waals surface area contributed by atoms with Gasteiger partial charge in [-0.25, -0.2) is 0 Å². The molecular formula is CH4OS6. The maximum absolute atomic E-state index is 4.85. The number of rotatable bonds is 1. The monoisotopic (exact) mass is 224 g/mol. The molecule has 0 rings (SSSR count). The van der Waals surface area contributed by atoms with Crippen LogP contribution in [0.4, 0.5) is 0 Å². The lowest BCUT2D eigenvalue weighted by Crippen LogP contribution is -1.73. The van der Waals surface area contributed by atoms with E-state index in [0.717, 1.165) is 0 Å². The maximum atomic E-state index is 4.85. The van der Waals surface area contributed by atoms with Crippen LogP contribution < -0.4 is 0 Å². The maximum Gasteiger partial charge on any atom is 0.0506 e. The molecule has 1 atom stereocenters. The summed E-state index contributed by atoms with van der Waals surface area (Å²) in [5.74, 6) is 0. The zero-order valence-electron chi connectivity index (χ0n) is 3.90. The van der Waals surface area contributed by atoms with Crippen LogP contribution in [-0.4, -0.2) is 7.11 Å². The predicted octanol–water partition coefficient (Wildman–Crippen LogP) is -0.185. The van der Waals surface area contributed by atoms with Crippen molar-refractivity contribution in [1.29, 1.82) is 0 Å². The highest BCUT2D eigenvalue weighted by atomic mass is 33.4. The molecule has 0 aromatic carbocycles. The first-order valence-electron chi connectivity index (χ1n) is 1.46. The van der Waals surface area contributed by atoms with Gasteiger partial charge in [0.15, 0.2) is 0 Å². The Kier molecular flexibility index (Phi) is 6.13. The molecule has 0 bridgehead atoms. The first kappa shape index (κ1) is 9.41. The Morgan fingerprint density at radius 3 is 2.38 bits per heavy atom. The number of thiol groups is 1. The van der Waals surface area contributed by atoms with Crippen molar-refractivity contribution in [3.8, 4) is 0 Å². The predicted molar refractivity (Wildman–Crippen MR) is 52.6 cm³/mol. The molecule has 0 saturated carbocycles. The third kappa shape index (κ3) is 3.44. The van der Waals surface area contributed by atoms with Crippen LogP contribution >= 0.6 is 0 Å². The van der Waals surface area contributed by atoms with Crippen molar-refractivity contribution >= 4 is 57.3 Å². The molecular weight excluding hydrogens is 220 g/mol. The van der Waals surface area contributed by atoms with E-state index in [1.807, 2.05) is 0 Å². The fourth-order valence-electron chi connectivity index (χ4n) is 0.0857. The molecule has 0 radical (unpaired) electrons. The van der Waals surface area contributed by atoms with Gasteiger partial charge in [-0.2, -0.15) is 0 Å². The van der Waals surface area contributed by atoms with Crippen LogP contribution in [0.1, 0.15) is 0 Å². The summed E-state index contributed by atoms with van der Waals surface area (Å²) < 4.78 is 4.80. The molecule has 0 heterocycles. The molecule has 50 valence electrons. The van der Waals surface area contributed by atoms with Gasteiger partial charge in [0, 0.05) is 8.29 Å². The molecule has 0 N–H and O–H groups in total. The highest BCUT2D eigenvalue weighted by molar-refractivity contribution is 8.76. The van der Waals surface area contributed by atoms with E-state index in [4.69, 9.17) is 26.6 Å². The van der Waals surface area contributed by atoms with E-state index in [0.29, 0.717) is 0 Å². The van der Waals surface area contributed by atoms with Crippen LogP contribution in [0.15, 0.2) is 0 Å². The van der Waals surface area contributed by atoms with Crippen LogP contribution in [0.25, 0.3) is 0 Å². The van der Waals surface area contributed by atoms with Gasteiger partial charge < -0.3 is 4.18 Å². The fourth-order valence-corrected chi connectivity index (χ4v) is 5.67. The van der Waals surface area contributed by atoms with E-state index in [1.54, 1.807) is 7.11 Å². The highest BCUT2D eigenvalue weighted by Crippen LogP contribution is 1.66. The standard InChI is InChI=1S/CH4OS6/c1-2-7(4)8(5)6-3/h7H,1H3. The summed E-state index contributed by atoms with van der Waals surface area (Å²) in [4.78, 5) is 0. The van der Waals surface area contributed by atoms with E-state index in [2.05, 4.69) is 11.2 Å². The van der Waals surface area contributed by atoms with Crippen LogP contribution in [0, 0.1) is 0 Å². The molecule has 0 fully saturated rings. The molecule has 0 aliphatic carbocycles. The summed E-state index contributed by atoms with van der Waals surface area (Å²) in [6.07, 6.45) is 0. The molecule has 0 saturated heterocycles. The smallest absolute Gasteiger partial charge is 0.0506 e. The molecule has 0 amide bonds. The Morgan fingerprint density at radius 2 is 2.25 bits per heavy atom. The van der Waals surface area contributed by atoms with Crippen molar-refractivity contribution < 1.29 is 4.18 Å². The molecule has 1 nitrogen and oxygen atoms in total. The van der Waals surface area contributed by atoms with Crippen molar-refractivity contribution in [2.75, 3.05) is 7.11 Å². The third-order valence-corrected chi connectivity index (χ3v) is 12.6. The number of hydrogen-bond donors (Lipinski definition) is 1. The van der Waals surface area contributed by atoms with Crippen molar-refractivity contribution in [2.45, 2.75) is 0 Å². The van der Waals surface area contributed by atoms with Gasteiger partial charge in [-0.1, -0.05) is 0 Å². The highest BCUT2D eigenvalue weighted by Gasteiger charge is 1.62. The lowest BCUT2D eigenvalue weighted by atomic mass is 11.8. The van der Waals surface area contributed by atoms with Crippen LogP contribution in [0.2, 0.25) is 0 Å². The van der Waals surface area contributed by atoms with E-state index in [-0.39, 0.29) is 6.57 Å². The minimum Gasteiger partial charge on any atom is -0.316 e. The van der Waals surface area contributed by atoms with Crippen LogP contribution in [0.3, 0.4) is 0 Å². The second-order valence-electron chi connectivity index (χ2n) is 0.691. The minimum absolute atomic E-state index is 0.350. The van der Waals surface area contributed by atoms with Gasteiger partial charge in [-0.3, -0.25) is 0 Å². The Hall–Kier alpha value is 1.41. The van der Waals surface area contributed by atoms with Gasteiger partial charge in [0.05, 0.1) is 7.11 Å². The summed E-state index contributed by atoms with van der Waals surface area (Å²) in [7, 11) is 1.89. The normalized spacial score (nSPS) is 12.6. The van der Waals surface area contributed by atoms with Crippen molar-refractivity contribution in [3.05, 3.63) is 0 Å². The summed E-state index contributed by atoms with van der Waals surface area (Å²) >= 11 is 14.3. The van der Waals surface area contributed by atoms with Gasteiger partial charge in [0.1, 0.15) is 0 Å². The number of hydrogen-bond acceptors (Lipinski definition) is 4. The summed E-state index contributed by atoms with van der Waals surface area (Å²) in [6.45, 7) is -0.350. The quantitative estimate of drug-likeness (QED) is 0.618. The van der Waals surface area contributed by atoms with Gasteiger partial charge in [-0.05, 0) is 49.0 Å². The Morgan fingerprint density at radius 1 is 1.75 bits per heavy atom. The molecule has 0 aromatic heterocycles. The van der Waals surface area contributed by atoms with Crippen molar-refractivity contribution in [3.63, 3.8) is 0 Å². The average molecular weight is 224 g/mol. The largest absolute Gasteiger partial charge is 0.316 e. The minimum atomic E-state index is -0.855. The molecule has 8 heavy (non-hydrogen) atoms. The molecule has 0 aromatic rings. The molecule has 0 spiro atoms. The average Bonchev–Trinajstić information content (AvgIpc) is 1.84. The van der Waals surface area contributed by atoms with Crippen LogP contribution in [-0.2, 0) is 61.5 Å². The zero-order valence-corrected chi connectivity index (χ0v) is 8.87. The van der Waals surface area contributed by atoms with Gasteiger partial charge in [-0.15, -0.1) is 0 Å². The summed E-state index contributed by atoms with van der Waals surface area (Å²) in [6, 6.07) is 0.